The largest absolute Gasteiger partial charge is 0.365 e. The first-order valence-electron chi connectivity index (χ1n) is 8.03. The van der Waals surface area contributed by atoms with E-state index in [1.54, 1.807) is 17.5 Å². The number of pyridine rings is 1. The molecule has 5 nitrogen and oxygen atoms in total. The highest BCUT2D eigenvalue weighted by Crippen LogP contribution is 2.25. The first-order valence-corrected chi connectivity index (χ1v) is 9.70. The van der Waals surface area contributed by atoms with Gasteiger partial charge in [0.25, 0.3) is 5.91 Å². The van der Waals surface area contributed by atoms with E-state index >= 15 is 0 Å². The summed E-state index contributed by atoms with van der Waals surface area (Å²) in [4.78, 5) is 22.8. The highest BCUT2D eigenvalue weighted by molar-refractivity contribution is 9.10. The number of aromatic nitrogens is 1. The molecular weight excluding hydrogens is 390 g/mol. The van der Waals surface area contributed by atoms with Crippen molar-refractivity contribution in [3.8, 4) is 0 Å². The summed E-state index contributed by atoms with van der Waals surface area (Å²) in [5, 5.41) is 2.11. The van der Waals surface area contributed by atoms with E-state index in [2.05, 4.69) is 37.3 Å². The van der Waals surface area contributed by atoms with E-state index in [9.17, 15) is 4.79 Å². The molecule has 0 spiro atoms. The summed E-state index contributed by atoms with van der Waals surface area (Å²) < 4.78 is 6.72. The monoisotopic (exact) mass is 407 g/mol. The quantitative estimate of drug-likeness (QED) is 0.767. The number of anilines is 1. The number of halogens is 1. The van der Waals surface area contributed by atoms with Crippen molar-refractivity contribution in [3.05, 3.63) is 44.7 Å². The maximum atomic E-state index is 12.9. The fraction of sp³-hybridized carbons (Fsp3) is 0.412. The predicted molar refractivity (Wildman–Crippen MR) is 97.3 cm³/mol. The number of ether oxygens (including phenoxy) is 1. The molecule has 2 aromatic heterocycles. The maximum Gasteiger partial charge on any atom is 0.253 e. The Labute approximate surface area is 153 Å². The molecule has 4 rings (SSSR count). The first-order chi connectivity index (χ1) is 11.7. The lowest BCUT2D eigenvalue weighted by Gasteiger charge is -2.36. The molecule has 1 saturated heterocycles. The Morgan fingerprint density at radius 2 is 2.25 bits per heavy atom. The van der Waals surface area contributed by atoms with Gasteiger partial charge in [-0.3, -0.25) is 4.79 Å². The summed E-state index contributed by atoms with van der Waals surface area (Å²) in [5.74, 6) is 0.978. The second kappa shape index (κ2) is 6.82. The van der Waals surface area contributed by atoms with Crippen LogP contribution in [0, 0.1) is 0 Å². The van der Waals surface area contributed by atoms with Gasteiger partial charge in [0.15, 0.2) is 6.10 Å². The molecule has 0 bridgehead atoms. The van der Waals surface area contributed by atoms with Crippen LogP contribution in [0.15, 0.2) is 34.2 Å². The van der Waals surface area contributed by atoms with E-state index < -0.39 is 6.10 Å². The van der Waals surface area contributed by atoms with Crippen molar-refractivity contribution in [2.45, 2.75) is 19.1 Å². The zero-order valence-corrected chi connectivity index (χ0v) is 15.6. The van der Waals surface area contributed by atoms with Gasteiger partial charge in [0.1, 0.15) is 5.82 Å². The molecule has 4 heterocycles. The van der Waals surface area contributed by atoms with Crippen molar-refractivity contribution in [3.63, 3.8) is 0 Å². The number of carbonyl (C=O) groups is 1. The van der Waals surface area contributed by atoms with Gasteiger partial charge in [-0.05, 0) is 51.5 Å². The zero-order chi connectivity index (χ0) is 16.5. The molecule has 2 aliphatic rings. The van der Waals surface area contributed by atoms with Crippen LogP contribution in [-0.2, 0) is 22.5 Å². The number of nitrogens with zero attached hydrogens (tertiary/aromatic N) is 3. The van der Waals surface area contributed by atoms with Crippen LogP contribution in [-0.4, -0.2) is 48.1 Å². The molecule has 1 atom stereocenters. The van der Waals surface area contributed by atoms with Crippen LogP contribution in [0.25, 0.3) is 0 Å². The lowest BCUT2D eigenvalue weighted by molar-refractivity contribution is -0.145. The molecule has 2 aromatic rings. The number of carbonyl (C=O) groups excluding carboxylic acids is 1. The molecular formula is C17H18BrN3O2S. The number of thiophene rings is 1. The molecule has 7 heteroatoms. The number of morpholine rings is 1. The fourth-order valence-electron chi connectivity index (χ4n) is 3.20. The average Bonchev–Trinajstić information content (AvgIpc) is 3.09. The molecule has 1 unspecified atom stereocenters. The standard InChI is InChI=1S/C17H18BrN3O2S/c18-13-1-2-16(19-9-13)20-6-7-23-14(11-20)17(22)21-5-3-15-12(10-21)4-8-24-15/h1-2,4,8-9,14H,3,5-7,10-11H2. The summed E-state index contributed by atoms with van der Waals surface area (Å²) in [6, 6.07) is 6.06. The van der Waals surface area contributed by atoms with Crippen LogP contribution in [0.2, 0.25) is 0 Å². The van der Waals surface area contributed by atoms with Crippen LogP contribution in [0.1, 0.15) is 10.4 Å². The van der Waals surface area contributed by atoms with Crippen LogP contribution in [0.3, 0.4) is 0 Å². The topological polar surface area (TPSA) is 45.7 Å². The van der Waals surface area contributed by atoms with Crippen LogP contribution >= 0.6 is 27.3 Å². The van der Waals surface area contributed by atoms with Crippen molar-refractivity contribution in [2.24, 2.45) is 0 Å². The number of hydrogen-bond donors (Lipinski definition) is 0. The number of amides is 1. The van der Waals surface area contributed by atoms with Gasteiger partial charge < -0.3 is 14.5 Å². The number of hydrogen-bond acceptors (Lipinski definition) is 5. The maximum absolute atomic E-state index is 12.9. The van der Waals surface area contributed by atoms with Gasteiger partial charge in [0, 0.05) is 35.2 Å². The fourth-order valence-corrected chi connectivity index (χ4v) is 4.33. The number of fused-ring (bicyclic) bond motifs is 1. The summed E-state index contributed by atoms with van der Waals surface area (Å²) >= 11 is 5.18. The molecule has 0 saturated carbocycles. The van der Waals surface area contributed by atoms with E-state index in [1.165, 1.54) is 10.4 Å². The summed E-state index contributed by atoms with van der Waals surface area (Å²) in [5.41, 5.74) is 1.28. The van der Waals surface area contributed by atoms with Gasteiger partial charge in [-0.1, -0.05) is 0 Å². The molecule has 1 fully saturated rings. The Bertz CT molecular complexity index is 734. The minimum absolute atomic E-state index is 0.0914. The SMILES string of the molecule is O=C(C1CN(c2ccc(Br)cn2)CCO1)N1CCc2sccc2C1. The van der Waals surface area contributed by atoms with Crippen molar-refractivity contribution < 1.29 is 9.53 Å². The van der Waals surface area contributed by atoms with Crippen molar-refractivity contribution >= 4 is 39.0 Å². The first kappa shape index (κ1) is 16.1. The van der Waals surface area contributed by atoms with Gasteiger partial charge in [-0.2, -0.15) is 0 Å². The van der Waals surface area contributed by atoms with Crippen LogP contribution in [0.5, 0.6) is 0 Å². The van der Waals surface area contributed by atoms with Gasteiger partial charge in [0.2, 0.25) is 0 Å². The minimum atomic E-state index is -0.413. The lowest BCUT2D eigenvalue weighted by Crippen LogP contribution is -2.52. The molecule has 1 amide bonds. The van der Waals surface area contributed by atoms with Crippen molar-refractivity contribution in [1.82, 2.24) is 9.88 Å². The van der Waals surface area contributed by atoms with E-state index in [0.29, 0.717) is 19.7 Å². The second-order valence-corrected chi connectivity index (χ2v) is 7.94. The van der Waals surface area contributed by atoms with E-state index in [0.717, 1.165) is 29.8 Å². The predicted octanol–water partition coefficient (Wildman–Crippen LogP) is 2.70. The van der Waals surface area contributed by atoms with E-state index in [-0.39, 0.29) is 5.91 Å². The molecule has 2 aliphatic heterocycles. The lowest BCUT2D eigenvalue weighted by atomic mass is 10.1. The minimum Gasteiger partial charge on any atom is -0.365 e. The summed E-state index contributed by atoms with van der Waals surface area (Å²) in [6.07, 6.45) is 2.32. The second-order valence-electron chi connectivity index (χ2n) is 6.02. The van der Waals surface area contributed by atoms with E-state index in [4.69, 9.17) is 4.74 Å². The van der Waals surface area contributed by atoms with Gasteiger partial charge in [0.05, 0.1) is 13.2 Å². The van der Waals surface area contributed by atoms with Crippen molar-refractivity contribution in [1.29, 1.82) is 0 Å². The highest BCUT2D eigenvalue weighted by atomic mass is 79.9. The van der Waals surface area contributed by atoms with Crippen LogP contribution < -0.4 is 4.90 Å². The van der Waals surface area contributed by atoms with Gasteiger partial charge in [-0.25, -0.2) is 4.98 Å². The highest BCUT2D eigenvalue weighted by Gasteiger charge is 2.32. The van der Waals surface area contributed by atoms with Gasteiger partial charge in [-0.15, -0.1) is 11.3 Å². The third-order valence-electron chi connectivity index (χ3n) is 4.50. The number of rotatable bonds is 2. The summed E-state index contributed by atoms with van der Waals surface area (Å²) in [6.45, 7) is 3.34. The average molecular weight is 408 g/mol. The Morgan fingerprint density at radius 1 is 1.33 bits per heavy atom. The molecule has 24 heavy (non-hydrogen) atoms. The Balaban J connectivity index is 1.44. The Kier molecular flexibility index (Phi) is 4.56. The van der Waals surface area contributed by atoms with E-state index in [1.807, 2.05) is 17.0 Å². The molecule has 0 radical (unpaired) electrons. The van der Waals surface area contributed by atoms with Crippen molar-refractivity contribution in [2.75, 3.05) is 31.1 Å². The third-order valence-corrected chi connectivity index (χ3v) is 5.99. The third kappa shape index (κ3) is 3.20. The molecule has 126 valence electrons. The zero-order valence-electron chi connectivity index (χ0n) is 13.2. The van der Waals surface area contributed by atoms with Gasteiger partial charge >= 0.3 is 0 Å². The smallest absolute Gasteiger partial charge is 0.253 e. The normalized spacial score (nSPS) is 20.8. The molecule has 0 N–H and O–H groups in total. The summed E-state index contributed by atoms with van der Waals surface area (Å²) in [7, 11) is 0. The molecule has 0 aromatic carbocycles. The Hall–Kier alpha value is -1.44. The molecule has 0 aliphatic carbocycles. The Morgan fingerprint density at radius 3 is 3.08 bits per heavy atom. The van der Waals surface area contributed by atoms with Crippen LogP contribution in [0.4, 0.5) is 5.82 Å².